The minimum atomic E-state index is 0.122. The van der Waals surface area contributed by atoms with Crippen LogP contribution in [0.4, 0.5) is 0 Å². The van der Waals surface area contributed by atoms with Crippen molar-refractivity contribution in [3.8, 4) is 0 Å². The van der Waals surface area contributed by atoms with Crippen LogP contribution in [-0.4, -0.2) is 41.7 Å². The lowest BCUT2D eigenvalue weighted by molar-refractivity contribution is 0.0311. The van der Waals surface area contributed by atoms with Crippen LogP contribution in [-0.2, 0) is 6.42 Å². The van der Waals surface area contributed by atoms with Crippen LogP contribution >= 0.6 is 0 Å². The molecule has 2 unspecified atom stereocenters. The lowest BCUT2D eigenvalue weighted by Gasteiger charge is -2.41. The number of likely N-dealkylation sites (N-methyl/N-ethyl adjacent to an activating group) is 1. The maximum atomic E-state index is 9.85. The summed E-state index contributed by atoms with van der Waals surface area (Å²) in [5.74, 6) is 0.750. The summed E-state index contributed by atoms with van der Waals surface area (Å²) in [6, 6.07) is 6.08. The van der Waals surface area contributed by atoms with Gasteiger partial charge < -0.3 is 10.0 Å². The van der Waals surface area contributed by atoms with E-state index in [1.807, 2.05) is 18.3 Å². The van der Waals surface area contributed by atoms with Crippen molar-refractivity contribution in [2.24, 2.45) is 11.3 Å². The summed E-state index contributed by atoms with van der Waals surface area (Å²) in [4.78, 5) is 6.74. The molecule has 1 aromatic rings. The Balaban J connectivity index is 1.84. The van der Waals surface area contributed by atoms with Gasteiger partial charge in [0.2, 0.25) is 0 Å². The highest BCUT2D eigenvalue weighted by Gasteiger charge is 2.35. The van der Waals surface area contributed by atoms with Crippen molar-refractivity contribution in [3.05, 3.63) is 30.1 Å². The predicted molar refractivity (Wildman–Crippen MR) is 82.6 cm³/mol. The molecule has 3 nitrogen and oxygen atoms in total. The van der Waals surface area contributed by atoms with Crippen molar-refractivity contribution in [2.75, 3.05) is 26.7 Å². The van der Waals surface area contributed by atoms with E-state index in [0.29, 0.717) is 6.61 Å². The van der Waals surface area contributed by atoms with Crippen molar-refractivity contribution in [1.29, 1.82) is 0 Å². The van der Waals surface area contributed by atoms with Crippen LogP contribution in [0.5, 0.6) is 0 Å². The second-order valence-corrected chi connectivity index (χ2v) is 6.67. The fourth-order valence-corrected chi connectivity index (χ4v) is 3.61. The summed E-state index contributed by atoms with van der Waals surface area (Å²) in [7, 11) is 2.17. The zero-order valence-electron chi connectivity index (χ0n) is 12.9. The van der Waals surface area contributed by atoms with Gasteiger partial charge in [-0.1, -0.05) is 25.8 Å². The highest BCUT2D eigenvalue weighted by molar-refractivity contribution is 5.03. The Kier molecular flexibility index (Phi) is 5.55. The third-order valence-corrected chi connectivity index (χ3v) is 4.60. The van der Waals surface area contributed by atoms with Crippen LogP contribution in [0.15, 0.2) is 24.4 Å². The van der Waals surface area contributed by atoms with Gasteiger partial charge in [-0.3, -0.25) is 4.98 Å². The smallest absolute Gasteiger partial charge is 0.0499 e. The molecule has 1 aliphatic rings. The van der Waals surface area contributed by atoms with E-state index in [2.05, 4.69) is 29.9 Å². The van der Waals surface area contributed by atoms with Crippen molar-refractivity contribution < 1.29 is 5.11 Å². The summed E-state index contributed by atoms with van der Waals surface area (Å²) < 4.78 is 0. The molecule has 112 valence electrons. The lowest BCUT2D eigenvalue weighted by atomic mass is 9.70. The number of aromatic nitrogens is 1. The van der Waals surface area contributed by atoms with Gasteiger partial charge >= 0.3 is 0 Å². The van der Waals surface area contributed by atoms with Gasteiger partial charge in [-0.15, -0.1) is 0 Å². The molecule has 0 saturated heterocycles. The molecule has 0 spiro atoms. The Morgan fingerprint density at radius 1 is 1.45 bits per heavy atom. The SMILES string of the molecule is CC1CCCC(CO)(CN(C)CCc2ccccn2)C1. The van der Waals surface area contributed by atoms with Crippen LogP contribution in [0.25, 0.3) is 0 Å². The number of hydrogen-bond donors (Lipinski definition) is 1. The summed E-state index contributed by atoms with van der Waals surface area (Å²) in [6.07, 6.45) is 7.75. The molecule has 0 bridgehead atoms. The Bertz CT molecular complexity index is 395. The Morgan fingerprint density at radius 3 is 2.95 bits per heavy atom. The minimum Gasteiger partial charge on any atom is -0.396 e. The fourth-order valence-electron chi connectivity index (χ4n) is 3.61. The average molecular weight is 276 g/mol. The van der Waals surface area contributed by atoms with Gasteiger partial charge in [0.25, 0.3) is 0 Å². The fraction of sp³-hybridized carbons (Fsp3) is 0.706. The molecule has 1 saturated carbocycles. The van der Waals surface area contributed by atoms with Gasteiger partial charge in [-0.05, 0) is 37.9 Å². The summed E-state index contributed by atoms with van der Waals surface area (Å²) >= 11 is 0. The van der Waals surface area contributed by atoms with Gasteiger partial charge in [0.1, 0.15) is 0 Å². The number of aliphatic hydroxyl groups is 1. The predicted octanol–water partition coefficient (Wildman–Crippen LogP) is 2.74. The monoisotopic (exact) mass is 276 g/mol. The molecule has 1 heterocycles. The number of nitrogens with zero attached hydrogens (tertiary/aromatic N) is 2. The van der Waals surface area contributed by atoms with Crippen molar-refractivity contribution >= 4 is 0 Å². The molecule has 2 rings (SSSR count). The van der Waals surface area contributed by atoms with Gasteiger partial charge in [0.15, 0.2) is 0 Å². The lowest BCUT2D eigenvalue weighted by Crippen LogP contribution is -2.42. The van der Waals surface area contributed by atoms with E-state index in [-0.39, 0.29) is 5.41 Å². The molecule has 1 fully saturated rings. The van der Waals surface area contributed by atoms with Gasteiger partial charge in [0, 0.05) is 43.4 Å². The molecular weight excluding hydrogens is 248 g/mol. The van der Waals surface area contributed by atoms with E-state index < -0.39 is 0 Å². The van der Waals surface area contributed by atoms with E-state index in [9.17, 15) is 5.11 Å². The van der Waals surface area contributed by atoms with Crippen LogP contribution in [0.1, 0.15) is 38.3 Å². The van der Waals surface area contributed by atoms with Crippen LogP contribution in [0, 0.1) is 11.3 Å². The largest absolute Gasteiger partial charge is 0.396 e. The molecule has 0 amide bonds. The van der Waals surface area contributed by atoms with E-state index in [4.69, 9.17) is 0 Å². The second kappa shape index (κ2) is 7.19. The average Bonchev–Trinajstić information content (AvgIpc) is 2.46. The maximum absolute atomic E-state index is 9.85. The van der Waals surface area contributed by atoms with Gasteiger partial charge in [-0.2, -0.15) is 0 Å². The van der Waals surface area contributed by atoms with Crippen LogP contribution < -0.4 is 0 Å². The Morgan fingerprint density at radius 2 is 2.30 bits per heavy atom. The molecular formula is C17H28N2O. The topological polar surface area (TPSA) is 36.4 Å². The molecule has 1 N–H and O–H groups in total. The van der Waals surface area contributed by atoms with Crippen molar-refractivity contribution in [3.63, 3.8) is 0 Å². The Hall–Kier alpha value is -0.930. The molecule has 0 aromatic carbocycles. The highest BCUT2D eigenvalue weighted by atomic mass is 16.3. The maximum Gasteiger partial charge on any atom is 0.0499 e. The van der Waals surface area contributed by atoms with Gasteiger partial charge in [0.05, 0.1) is 0 Å². The van der Waals surface area contributed by atoms with Gasteiger partial charge in [-0.25, -0.2) is 0 Å². The quantitative estimate of drug-likeness (QED) is 0.868. The summed E-state index contributed by atoms with van der Waals surface area (Å²) in [6.45, 7) is 4.65. The Labute approximate surface area is 123 Å². The number of pyridine rings is 1. The molecule has 20 heavy (non-hydrogen) atoms. The molecule has 1 aromatic heterocycles. The summed E-state index contributed by atoms with van der Waals surface area (Å²) in [5, 5.41) is 9.85. The molecule has 2 atom stereocenters. The third kappa shape index (κ3) is 4.29. The molecule has 1 aliphatic carbocycles. The standard InChI is InChI=1S/C17H28N2O/c1-15-6-5-9-17(12-15,14-20)13-19(2)11-8-16-7-3-4-10-18-16/h3-4,7,10,15,20H,5-6,8-9,11-14H2,1-2H3. The normalized spacial score (nSPS) is 26.9. The zero-order chi connectivity index (χ0) is 14.4. The van der Waals surface area contributed by atoms with E-state index in [0.717, 1.165) is 37.5 Å². The molecule has 3 heteroatoms. The van der Waals surface area contributed by atoms with Crippen molar-refractivity contribution in [2.45, 2.75) is 39.0 Å². The minimum absolute atomic E-state index is 0.122. The first-order valence-corrected chi connectivity index (χ1v) is 7.83. The first-order valence-electron chi connectivity index (χ1n) is 7.83. The van der Waals surface area contributed by atoms with Crippen molar-refractivity contribution in [1.82, 2.24) is 9.88 Å². The third-order valence-electron chi connectivity index (χ3n) is 4.60. The first-order chi connectivity index (χ1) is 9.63. The number of hydrogen-bond acceptors (Lipinski definition) is 3. The number of aliphatic hydroxyl groups excluding tert-OH is 1. The van der Waals surface area contributed by atoms with Crippen LogP contribution in [0.2, 0.25) is 0 Å². The van der Waals surface area contributed by atoms with E-state index >= 15 is 0 Å². The number of rotatable bonds is 6. The first kappa shape index (κ1) is 15.5. The summed E-state index contributed by atoms with van der Waals surface area (Å²) in [5.41, 5.74) is 1.27. The second-order valence-electron chi connectivity index (χ2n) is 6.67. The zero-order valence-corrected chi connectivity index (χ0v) is 12.9. The highest BCUT2D eigenvalue weighted by Crippen LogP contribution is 2.39. The molecule has 0 radical (unpaired) electrons. The van der Waals surface area contributed by atoms with E-state index in [1.54, 1.807) is 0 Å². The van der Waals surface area contributed by atoms with E-state index in [1.165, 1.54) is 19.3 Å². The van der Waals surface area contributed by atoms with Crippen LogP contribution in [0.3, 0.4) is 0 Å². The molecule has 0 aliphatic heterocycles.